The van der Waals surface area contributed by atoms with Gasteiger partial charge in [-0.1, -0.05) is 41.9 Å². The molecule has 3 aromatic rings. The van der Waals surface area contributed by atoms with Crippen molar-refractivity contribution in [1.29, 1.82) is 0 Å². The molecule has 0 aliphatic heterocycles. The van der Waals surface area contributed by atoms with E-state index in [0.29, 0.717) is 22.1 Å². The second kappa shape index (κ2) is 5.76. The fourth-order valence-electron chi connectivity index (χ4n) is 1.81. The lowest BCUT2D eigenvalue weighted by Crippen LogP contribution is -1.83. The third-order valence-electron chi connectivity index (χ3n) is 2.83. The van der Waals surface area contributed by atoms with Gasteiger partial charge >= 0.3 is 0 Å². The second-order valence-electron chi connectivity index (χ2n) is 4.26. The van der Waals surface area contributed by atoms with E-state index in [-0.39, 0.29) is 5.75 Å². The molecule has 3 rings (SSSR count). The van der Waals surface area contributed by atoms with Crippen LogP contribution in [0.5, 0.6) is 5.75 Å². The van der Waals surface area contributed by atoms with Crippen LogP contribution in [-0.2, 0) is 0 Å². The minimum absolute atomic E-state index is 0.0841. The SMILES string of the molecule is Oc1ccc(Cl)cc1C=Nc1nonc1-c1ccccc1. The lowest BCUT2D eigenvalue weighted by molar-refractivity contribution is 0.310. The van der Waals surface area contributed by atoms with Crippen molar-refractivity contribution in [2.45, 2.75) is 0 Å². The van der Waals surface area contributed by atoms with Crippen molar-refractivity contribution in [2.75, 3.05) is 0 Å². The van der Waals surface area contributed by atoms with Gasteiger partial charge in [0.2, 0.25) is 5.82 Å². The van der Waals surface area contributed by atoms with Crippen LogP contribution in [0.1, 0.15) is 5.56 Å². The largest absolute Gasteiger partial charge is 0.507 e. The standard InChI is InChI=1S/C15H10ClN3O2/c16-12-6-7-13(20)11(8-12)9-17-15-14(18-21-19-15)10-4-2-1-3-5-10/h1-9,20H. The first-order chi connectivity index (χ1) is 10.2. The number of aliphatic imine (C=N–C) groups is 1. The monoisotopic (exact) mass is 299 g/mol. The summed E-state index contributed by atoms with van der Waals surface area (Å²) < 4.78 is 4.74. The van der Waals surface area contributed by atoms with Gasteiger partial charge in [-0.25, -0.2) is 9.62 Å². The van der Waals surface area contributed by atoms with Crippen molar-refractivity contribution < 1.29 is 9.74 Å². The quantitative estimate of drug-likeness (QED) is 0.746. The van der Waals surface area contributed by atoms with Crippen molar-refractivity contribution in [3.05, 3.63) is 59.1 Å². The Bertz CT molecular complexity index is 785. The van der Waals surface area contributed by atoms with Gasteiger partial charge in [0.15, 0.2) is 5.69 Å². The summed E-state index contributed by atoms with van der Waals surface area (Å²) >= 11 is 5.89. The molecule has 0 bridgehead atoms. The molecule has 0 amide bonds. The predicted molar refractivity (Wildman–Crippen MR) is 80.1 cm³/mol. The normalized spacial score (nSPS) is 11.1. The molecule has 0 unspecified atom stereocenters. The lowest BCUT2D eigenvalue weighted by atomic mass is 10.1. The molecule has 1 heterocycles. The highest BCUT2D eigenvalue weighted by Gasteiger charge is 2.10. The zero-order valence-electron chi connectivity index (χ0n) is 10.8. The highest BCUT2D eigenvalue weighted by molar-refractivity contribution is 6.30. The van der Waals surface area contributed by atoms with Crippen LogP contribution < -0.4 is 0 Å². The minimum atomic E-state index is 0.0841. The number of benzene rings is 2. The molecule has 0 fully saturated rings. The molecule has 0 saturated heterocycles. The van der Waals surface area contributed by atoms with Crippen LogP contribution in [0, 0.1) is 0 Å². The molecule has 104 valence electrons. The summed E-state index contributed by atoms with van der Waals surface area (Å²) in [6.07, 6.45) is 1.47. The highest BCUT2D eigenvalue weighted by Crippen LogP contribution is 2.27. The van der Waals surface area contributed by atoms with E-state index >= 15 is 0 Å². The number of nitrogens with zero attached hydrogens (tertiary/aromatic N) is 3. The molecular weight excluding hydrogens is 290 g/mol. The Labute approximate surface area is 125 Å². The van der Waals surface area contributed by atoms with Gasteiger partial charge in [0.05, 0.1) is 0 Å². The zero-order chi connectivity index (χ0) is 14.7. The molecule has 21 heavy (non-hydrogen) atoms. The number of phenolic OH excluding ortho intramolecular Hbond substituents is 1. The summed E-state index contributed by atoms with van der Waals surface area (Å²) in [5, 5.41) is 17.9. The molecule has 1 aromatic heterocycles. The third kappa shape index (κ3) is 2.93. The van der Waals surface area contributed by atoms with Crippen LogP contribution in [0.15, 0.2) is 58.2 Å². The number of aromatic nitrogens is 2. The van der Waals surface area contributed by atoms with Gasteiger partial charge in [-0.05, 0) is 28.5 Å². The van der Waals surface area contributed by atoms with Crippen molar-refractivity contribution in [2.24, 2.45) is 4.99 Å². The molecule has 0 aliphatic rings. The van der Waals surface area contributed by atoms with Crippen molar-refractivity contribution >= 4 is 23.6 Å². The number of halogens is 1. The maximum absolute atomic E-state index is 9.74. The number of hydrogen-bond acceptors (Lipinski definition) is 5. The first-order valence-electron chi connectivity index (χ1n) is 6.14. The lowest BCUT2D eigenvalue weighted by Gasteiger charge is -1.98. The molecule has 1 N–H and O–H groups in total. The van der Waals surface area contributed by atoms with Crippen LogP contribution in [0.4, 0.5) is 5.82 Å². The van der Waals surface area contributed by atoms with Gasteiger partial charge in [0.25, 0.3) is 0 Å². The average Bonchev–Trinajstić information content (AvgIpc) is 2.97. The summed E-state index contributed by atoms with van der Waals surface area (Å²) in [5.74, 6) is 0.418. The summed E-state index contributed by atoms with van der Waals surface area (Å²) in [6.45, 7) is 0. The molecule has 0 radical (unpaired) electrons. The maximum atomic E-state index is 9.74. The Morgan fingerprint density at radius 3 is 2.71 bits per heavy atom. The smallest absolute Gasteiger partial charge is 0.224 e. The van der Waals surface area contributed by atoms with E-state index in [9.17, 15) is 5.11 Å². The molecular formula is C15H10ClN3O2. The van der Waals surface area contributed by atoms with Crippen LogP contribution in [0.3, 0.4) is 0 Å². The van der Waals surface area contributed by atoms with Crippen LogP contribution >= 0.6 is 11.6 Å². The summed E-state index contributed by atoms with van der Waals surface area (Å²) in [4.78, 5) is 4.20. The second-order valence-corrected chi connectivity index (χ2v) is 4.70. The molecule has 0 spiro atoms. The summed E-state index contributed by atoms with van der Waals surface area (Å²) in [7, 11) is 0. The third-order valence-corrected chi connectivity index (χ3v) is 3.07. The van der Waals surface area contributed by atoms with E-state index in [1.807, 2.05) is 30.3 Å². The van der Waals surface area contributed by atoms with Crippen LogP contribution in [0.25, 0.3) is 11.3 Å². The summed E-state index contributed by atoms with van der Waals surface area (Å²) in [5.41, 5.74) is 1.87. The average molecular weight is 300 g/mol. The predicted octanol–water partition coefficient (Wildman–Crippen LogP) is 3.85. The van der Waals surface area contributed by atoms with Gasteiger partial charge in [-0.15, -0.1) is 0 Å². The highest BCUT2D eigenvalue weighted by atomic mass is 35.5. The number of aromatic hydroxyl groups is 1. The number of rotatable bonds is 3. The van der Waals surface area contributed by atoms with E-state index in [0.717, 1.165) is 5.56 Å². The summed E-state index contributed by atoms with van der Waals surface area (Å²) in [6, 6.07) is 14.2. The van der Waals surface area contributed by atoms with Crippen molar-refractivity contribution in [3.63, 3.8) is 0 Å². The van der Waals surface area contributed by atoms with Gasteiger partial charge < -0.3 is 5.11 Å². The first kappa shape index (κ1) is 13.3. The fraction of sp³-hybridized carbons (Fsp3) is 0. The van der Waals surface area contributed by atoms with Gasteiger partial charge in [-0.2, -0.15) is 0 Å². The first-order valence-corrected chi connectivity index (χ1v) is 6.52. The van der Waals surface area contributed by atoms with Gasteiger partial charge in [-0.3, -0.25) is 0 Å². The molecule has 2 aromatic carbocycles. The molecule has 5 nitrogen and oxygen atoms in total. The molecule has 0 saturated carbocycles. The van der Waals surface area contributed by atoms with E-state index in [1.54, 1.807) is 12.1 Å². The maximum Gasteiger partial charge on any atom is 0.224 e. The van der Waals surface area contributed by atoms with Crippen molar-refractivity contribution in [3.8, 4) is 17.0 Å². The Kier molecular flexibility index (Phi) is 3.66. The van der Waals surface area contributed by atoms with Crippen LogP contribution in [0.2, 0.25) is 5.02 Å². The molecule has 6 heteroatoms. The Morgan fingerprint density at radius 2 is 1.90 bits per heavy atom. The van der Waals surface area contributed by atoms with Gasteiger partial charge in [0.1, 0.15) is 5.75 Å². The number of hydrogen-bond donors (Lipinski definition) is 1. The molecule has 0 aliphatic carbocycles. The zero-order valence-corrected chi connectivity index (χ0v) is 11.5. The van der Waals surface area contributed by atoms with E-state index < -0.39 is 0 Å². The fourth-order valence-corrected chi connectivity index (χ4v) is 1.99. The minimum Gasteiger partial charge on any atom is -0.507 e. The Balaban J connectivity index is 1.94. The number of phenols is 1. The van der Waals surface area contributed by atoms with Gasteiger partial charge in [0, 0.05) is 22.4 Å². The van der Waals surface area contributed by atoms with E-state index in [4.69, 9.17) is 16.2 Å². The topological polar surface area (TPSA) is 71.5 Å². The molecule has 0 atom stereocenters. The van der Waals surface area contributed by atoms with E-state index in [2.05, 4.69) is 15.3 Å². The Morgan fingerprint density at radius 1 is 1.10 bits per heavy atom. The van der Waals surface area contributed by atoms with Crippen LogP contribution in [-0.4, -0.2) is 21.6 Å². The van der Waals surface area contributed by atoms with E-state index in [1.165, 1.54) is 12.3 Å². The Hall–Kier alpha value is -2.66. The van der Waals surface area contributed by atoms with Crippen molar-refractivity contribution in [1.82, 2.24) is 10.3 Å².